The molecule has 0 aromatic carbocycles. The summed E-state index contributed by atoms with van der Waals surface area (Å²) in [6, 6.07) is 0. The highest BCUT2D eigenvalue weighted by Gasteiger charge is 2.23. The molecule has 1 aromatic rings. The van der Waals surface area contributed by atoms with Crippen LogP contribution in [0.1, 0.15) is 46.4 Å². The van der Waals surface area contributed by atoms with E-state index in [0.29, 0.717) is 0 Å². The van der Waals surface area contributed by atoms with Gasteiger partial charge in [-0.25, -0.2) is 4.68 Å². The maximum atomic E-state index is 4.16. The Morgan fingerprint density at radius 1 is 1.24 bits per heavy atom. The summed E-state index contributed by atoms with van der Waals surface area (Å²) in [4.78, 5) is 2.45. The Bertz CT molecular complexity index is 357. The Balaban J connectivity index is 2.02. The van der Waals surface area contributed by atoms with Gasteiger partial charge in [0.05, 0.1) is 12.1 Å². The van der Waals surface area contributed by atoms with E-state index in [0.717, 1.165) is 31.4 Å². The van der Waals surface area contributed by atoms with Crippen LogP contribution in [0.2, 0.25) is 0 Å². The highest BCUT2D eigenvalue weighted by Crippen LogP contribution is 2.19. The Kier molecular flexibility index (Phi) is 3.47. The van der Waals surface area contributed by atoms with Crippen LogP contribution in [0, 0.1) is 5.92 Å². The maximum absolute atomic E-state index is 4.16. The van der Waals surface area contributed by atoms with Crippen molar-refractivity contribution >= 4 is 0 Å². The molecule has 2 rings (SSSR count). The van der Waals surface area contributed by atoms with E-state index in [1.807, 2.05) is 4.68 Å². The minimum absolute atomic E-state index is 0.0398. The lowest BCUT2D eigenvalue weighted by Gasteiger charge is -2.30. The van der Waals surface area contributed by atoms with E-state index in [1.54, 1.807) is 0 Å². The first-order chi connectivity index (χ1) is 7.97. The predicted octanol–water partition coefficient (Wildman–Crippen LogP) is 1.66. The largest absolute Gasteiger partial charge is 0.296 e. The summed E-state index contributed by atoms with van der Waals surface area (Å²) in [7, 11) is 0. The van der Waals surface area contributed by atoms with Crippen molar-refractivity contribution in [1.29, 1.82) is 0 Å². The van der Waals surface area contributed by atoms with Crippen LogP contribution in [0.3, 0.4) is 0 Å². The van der Waals surface area contributed by atoms with E-state index in [-0.39, 0.29) is 5.54 Å². The van der Waals surface area contributed by atoms with Crippen LogP contribution < -0.4 is 0 Å². The van der Waals surface area contributed by atoms with E-state index in [4.69, 9.17) is 0 Å². The lowest BCUT2D eigenvalue weighted by atomic mass is 9.99. The number of hydrogen-bond donors (Lipinski definition) is 0. The van der Waals surface area contributed by atoms with Crippen LogP contribution in [-0.4, -0.2) is 38.2 Å². The number of nitrogens with zero attached hydrogens (tertiary/aromatic N) is 5. The third-order valence-electron chi connectivity index (χ3n) is 3.41. The fraction of sp³-hybridized carbons (Fsp3) is 0.917. The SMILES string of the molecule is CC1CCN(Cc2nnnn2C(C)(C)C)CC1. The Morgan fingerprint density at radius 2 is 1.88 bits per heavy atom. The minimum Gasteiger partial charge on any atom is -0.296 e. The van der Waals surface area contributed by atoms with Crippen molar-refractivity contribution in [2.45, 2.75) is 52.6 Å². The van der Waals surface area contributed by atoms with Gasteiger partial charge in [-0.15, -0.1) is 5.10 Å². The van der Waals surface area contributed by atoms with Crippen molar-refractivity contribution in [3.05, 3.63) is 5.82 Å². The Morgan fingerprint density at radius 3 is 2.47 bits per heavy atom. The molecular formula is C12H23N5. The average Bonchev–Trinajstić information content (AvgIpc) is 2.69. The highest BCUT2D eigenvalue weighted by molar-refractivity contribution is 4.88. The fourth-order valence-electron chi connectivity index (χ4n) is 2.25. The molecule has 0 radical (unpaired) electrons. The molecule has 0 spiro atoms. The molecule has 0 N–H and O–H groups in total. The first-order valence-corrected chi connectivity index (χ1v) is 6.47. The van der Waals surface area contributed by atoms with Crippen molar-refractivity contribution in [1.82, 2.24) is 25.1 Å². The first-order valence-electron chi connectivity index (χ1n) is 6.47. The van der Waals surface area contributed by atoms with E-state index in [2.05, 4.69) is 48.1 Å². The maximum Gasteiger partial charge on any atom is 0.165 e. The Labute approximate surface area is 103 Å². The molecular weight excluding hydrogens is 214 g/mol. The number of aromatic nitrogens is 4. The van der Waals surface area contributed by atoms with Crippen LogP contribution in [-0.2, 0) is 12.1 Å². The molecule has 1 aromatic heterocycles. The van der Waals surface area contributed by atoms with Crippen LogP contribution in [0.15, 0.2) is 0 Å². The quantitative estimate of drug-likeness (QED) is 0.785. The van der Waals surface area contributed by atoms with Crippen molar-refractivity contribution in [3.63, 3.8) is 0 Å². The number of rotatable bonds is 2. The number of piperidine rings is 1. The third-order valence-corrected chi connectivity index (χ3v) is 3.41. The van der Waals surface area contributed by atoms with Gasteiger partial charge in [-0.3, -0.25) is 4.90 Å². The monoisotopic (exact) mass is 237 g/mol. The molecule has 5 nitrogen and oxygen atoms in total. The molecule has 1 fully saturated rings. The van der Waals surface area contributed by atoms with E-state index in [1.165, 1.54) is 12.8 Å². The lowest BCUT2D eigenvalue weighted by Crippen LogP contribution is -2.35. The average molecular weight is 237 g/mol. The molecule has 96 valence electrons. The summed E-state index contributed by atoms with van der Waals surface area (Å²) in [6.45, 7) is 11.9. The van der Waals surface area contributed by atoms with Gasteiger partial charge < -0.3 is 0 Å². The highest BCUT2D eigenvalue weighted by atomic mass is 15.6. The zero-order valence-electron chi connectivity index (χ0n) is 11.3. The van der Waals surface area contributed by atoms with Gasteiger partial charge >= 0.3 is 0 Å². The summed E-state index contributed by atoms with van der Waals surface area (Å²) in [6.07, 6.45) is 2.58. The van der Waals surface area contributed by atoms with Gasteiger partial charge in [0.1, 0.15) is 0 Å². The topological polar surface area (TPSA) is 46.8 Å². The summed E-state index contributed by atoms with van der Waals surface area (Å²) in [5, 5.41) is 12.1. The second-order valence-corrected chi connectivity index (χ2v) is 6.14. The Hall–Kier alpha value is -0.970. The molecule has 0 amide bonds. The van der Waals surface area contributed by atoms with Crippen molar-refractivity contribution in [2.24, 2.45) is 5.92 Å². The smallest absolute Gasteiger partial charge is 0.165 e. The van der Waals surface area contributed by atoms with Crippen molar-refractivity contribution in [2.75, 3.05) is 13.1 Å². The minimum atomic E-state index is -0.0398. The van der Waals surface area contributed by atoms with Crippen LogP contribution in [0.5, 0.6) is 0 Å². The van der Waals surface area contributed by atoms with Crippen molar-refractivity contribution < 1.29 is 0 Å². The molecule has 0 bridgehead atoms. The second-order valence-electron chi connectivity index (χ2n) is 6.14. The summed E-state index contributed by atoms with van der Waals surface area (Å²) in [5.74, 6) is 1.84. The third kappa shape index (κ3) is 3.03. The molecule has 0 atom stereocenters. The molecule has 1 aliphatic rings. The van der Waals surface area contributed by atoms with Gasteiger partial charge in [-0.05, 0) is 63.0 Å². The molecule has 0 saturated carbocycles. The molecule has 5 heteroatoms. The standard InChI is InChI=1S/C12H23N5/c1-10-5-7-16(8-6-10)9-11-13-14-15-17(11)12(2,3)4/h10H,5-9H2,1-4H3. The van der Waals surface area contributed by atoms with Gasteiger partial charge in [0.25, 0.3) is 0 Å². The summed E-state index contributed by atoms with van der Waals surface area (Å²) < 4.78 is 1.94. The molecule has 1 saturated heterocycles. The second kappa shape index (κ2) is 4.72. The number of hydrogen-bond acceptors (Lipinski definition) is 4. The fourth-order valence-corrected chi connectivity index (χ4v) is 2.25. The van der Waals surface area contributed by atoms with Crippen LogP contribution in [0.25, 0.3) is 0 Å². The van der Waals surface area contributed by atoms with Gasteiger partial charge in [-0.1, -0.05) is 6.92 Å². The summed E-state index contributed by atoms with van der Waals surface area (Å²) >= 11 is 0. The number of tetrazole rings is 1. The normalized spacial score (nSPS) is 19.8. The number of likely N-dealkylation sites (tertiary alicyclic amines) is 1. The molecule has 17 heavy (non-hydrogen) atoms. The molecule has 2 heterocycles. The molecule has 1 aliphatic heterocycles. The molecule has 0 unspecified atom stereocenters. The predicted molar refractivity (Wildman–Crippen MR) is 66.5 cm³/mol. The van der Waals surface area contributed by atoms with Gasteiger partial charge in [0.2, 0.25) is 0 Å². The zero-order valence-corrected chi connectivity index (χ0v) is 11.3. The van der Waals surface area contributed by atoms with Gasteiger partial charge in [0.15, 0.2) is 5.82 Å². The zero-order chi connectivity index (χ0) is 12.5. The van der Waals surface area contributed by atoms with E-state index < -0.39 is 0 Å². The van der Waals surface area contributed by atoms with E-state index >= 15 is 0 Å². The lowest BCUT2D eigenvalue weighted by molar-refractivity contribution is 0.174. The van der Waals surface area contributed by atoms with Crippen LogP contribution >= 0.6 is 0 Å². The van der Waals surface area contributed by atoms with Crippen molar-refractivity contribution in [3.8, 4) is 0 Å². The summed E-state index contributed by atoms with van der Waals surface area (Å²) in [5.41, 5.74) is -0.0398. The van der Waals surface area contributed by atoms with E-state index in [9.17, 15) is 0 Å². The molecule has 0 aliphatic carbocycles. The van der Waals surface area contributed by atoms with Crippen LogP contribution in [0.4, 0.5) is 0 Å². The van der Waals surface area contributed by atoms with Gasteiger partial charge in [0, 0.05) is 0 Å². The van der Waals surface area contributed by atoms with Gasteiger partial charge in [-0.2, -0.15) is 0 Å². The first kappa shape index (κ1) is 12.5.